The molecule has 4 rings (SSSR count). The first-order chi connectivity index (χ1) is 11.3. The van der Waals surface area contributed by atoms with Gasteiger partial charge in [-0.25, -0.2) is 0 Å². The van der Waals surface area contributed by atoms with Crippen LogP contribution in [0.15, 0.2) is 41.8 Å². The highest BCUT2D eigenvalue weighted by molar-refractivity contribution is 7.17. The molecule has 3 heterocycles. The fourth-order valence-corrected chi connectivity index (χ4v) is 5.48. The van der Waals surface area contributed by atoms with Crippen LogP contribution in [0, 0.1) is 6.92 Å². The van der Waals surface area contributed by atoms with E-state index in [4.69, 9.17) is 0 Å². The van der Waals surface area contributed by atoms with Crippen molar-refractivity contribution < 1.29 is 0 Å². The fourth-order valence-electron chi connectivity index (χ4n) is 3.47. The number of thiophene rings is 2. The van der Waals surface area contributed by atoms with Gasteiger partial charge in [-0.05, 0) is 54.4 Å². The molecule has 1 N–H and O–H groups in total. The Balaban J connectivity index is 1.81. The Labute approximate surface area is 145 Å². The van der Waals surface area contributed by atoms with Gasteiger partial charge in [0.2, 0.25) is 0 Å². The zero-order valence-electron chi connectivity index (χ0n) is 13.4. The van der Waals surface area contributed by atoms with Crippen molar-refractivity contribution in [1.29, 1.82) is 0 Å². The zero-order chi connectivity index (χ0) is 15.6. The predicted molar refractivity (Wildman–Crippen MR) is 102 cm³/mol. The second kappa shape index (κ2) is 6.73. The molecule has 23 heavy (non-hydrogen) atoms. The molecule has 1 aliphatic heterocycles. The Morgan fingerprint density at radius 3 is 2.87 bits per heavy atom. The minimum absolute atomic E-state index is 0.393. The van der Waals surface area contributed by atoms with Crippen LogP contribution in [0.5, 0.6) is 0 Å². The number of nitrogens with one attached hydrogen (secondary N) is 1. The number of hydrogen-bond donors (Lipinski definition) is 1. The van der Waals surface area contributed by atoms with E-state index in [2.05, 4.69) is 58.9 Å². The van der Waals surface area contributed by atoms with E-state index in [9.17, 15) is 0 Å². The van der Waals surface area contributed by atoms with Gasteiger partial charge >= 0.3 is 0 Å². The number of aryl methyl sites for hydroxylation is 1. The SMILES string of the molecule is Cc1ccc(C(c2csc3ccccc23)N2CCCNCC2)s1. The highest BCUT2D eigenvalue weighted by Gasteiger charge is 2.26. The first-order valence-electron chi connectivity index (χ1n) is 8.30. The molecule has 0 radical (unpaired) electrons. The third kappa shape index (κ3) is 3.09. The molecule has 1 aromatic carbocycles. The van der Waals surface area contributed by atoms with Gasteiger partial charge in [-0.15, -0.1) is 22.7 Å². The van der Waals surface area contributed by atoms with Crippen molar-refractivity contribution >= 4 is 32.8 Å². The van der Waals surface area contributed by atoms with Crippen LogP contribution in [-0.4, -0.2) is 31.1 Å². The Morgan fingerprint density at radius 1 is 1.09 bits per heavy atom. The van der Waals surface area contributed by atoms with E-state index < -0.39 is 0 Å². The topological polar surface area (TPSA) is 15.3 Å². The van der Waals surface area contributed by atoms with Crippen LogP contribution in [0.25, 0.3) is 10.1 Å². The van der Waals surface area contributed by atoms with Crippen molar-refractivity contribution in [1.82, 2.24) is 10.2 Å². The lowest BCUT2D eigenvalue weighted by atomic mass is 10.0. The molecule has 1 saturated heterocycles. The maximum absolute atomic E-state index is 3.54. The normalized spacial score (nSPS) is 18.1. The Hall–Kier alpha value is -1.20. The number of fused-ring (bicyclic) bond motifs is 1. The largest absolute Gasteiger partial charge is 0.315 e. The number of nitrogens with zero attached hydrogens (tertiary/aromatic N) is 1. The molecule has 4 heteroatoms. The van der Waals surface area contributed by atoms with Crippen LogP contribution >= 0.6 is 22.7 Å². The summed E-state index contributed by atoms with van der Waals surface area (Å²) in [6.45, 7) is 6.71. The van der Waals surface area contributed by atoms with Gasteiger partial charge in [0.1, 0.15) is 0 Å². The standard InChI is InChI=1S/C19H22N2S2/c1-14-7-8-18(23-14)19(21-11-4-9-20-10-12-21)16-13-22-17-6-3-2-5-15(16)17/h2-3,5-8,13,19-20H,4,9-12H2,1H3. The van der Waals surface area contributed by atoms with E-state index in [0.717, 1.165) is 19.6 Å². The van der Waals surface area contributed by atoms with E-state index >= 15 is 0 Å². The molecule has 2 nitrogen and oxygen atoms in total. The monoisotopic (exact) mass is 342 g/mol. The van der Waals surface area contributed by atoms with Gasteiger partial charge in [-0.3, -0.25) is 4.90 Å². The minimum atomic E-state index is 0.393. The summed E-state index contributed by atoms with van der Waals surface area (Å²) >= 11 is 3.82. The van der Waals surface area contributed by atoms with E-state index in [0.29, 0.717) is 6.04 Å². The quantitative estimate of drug-likeness (QED) is 0.745. The van der Waals surface area contributed by atoms with E-state index in [1.54, 1.807) is 0 Å². The van der Waals surface area contributed by atoms with E-state index in [-0.39, 0.29) is 0 Å². The lowest BCUT2D eigenvalue weighted by molar-refractivity contribution is 0.245. The summed E-state index contributed by atoms with van der Waals surface area (Å²) in [5, 5.41) is 7.34. The van der Waals surface area contributed by atoms with Gasteiger partial charge in [-0.2, -0.15) is 0 Å². The van der Waals surface area contributed by atoms with Gasteiger partial charge in [0.15, 0.2) is 0 Å². The van der Waals surface area contributed by atoms with Gasteiger partial charge in [0.25, 0.3) is 0 Å². The van der Waals surface area contributed by atoms with Crippen LogP contribution in [0.2, 0.25) is 0 Å². The summed E-state index contributed by atoms with van der Waals surface area (Å²) in [6.07, 6.45) is 1.23. The molecule has 2 aromatic heterocycles. The molecule has 120 valence electrons. The van der Waals surface area contributed by atoms with Crippen LogP contribution < -0.4 is 5.32 Å². The summed E-state index contributed by atoms with van der Waals surface area (Å²) < 4.78 is 1.40. The molecule has 0 saturated carbocycles. The second-order valence-electron chi connectivity index (χ2n) is 6.18. The molecule has 1 atom stereocenters. The Bertz CT molecular complexity index is 781. The van der Waals surface area contributed by atoms with E-state index in [1.165, 1.54) is 38.4 Å². The van der Waals surface area contributed by atoms with Crippen LogP contribution in [0.1, 0.15) is 27.8 Å². The molecular formula is C19H22N2S2. The average molecular weight is 343 g/mol. The average Bonchev–Trinajstić information content (AvgIpc) is 3.08. The molecular weight excluding hydrogens is 320 g/mol. The number of benzene rings is 1. The summed E-state index contributed by atoms with van der Waals surface area (Å²) in [5.74, 6) is 0. The first kappa shape index (κ1) is 15.3. The fraction of sp³-hybridized carbons (Fsp3) is 0.368. The van der Waals surface area contributed by atoms with Crippen LogP contribution in [0.3, 0.4) is 0 Å². The Morgan fingerprint density at radius 2 is 2.00 bits per heavy atom. The van der Waals surface area contributed by atoms with Crippen LogP contribution in [0.4, 0.5) is 0 Å². The smallest absolute Gasteiger partial charge is 0.0710 e. The predicted octanol–water partition coefficient (Wildman–Crippen LogP) is 4.66. The van der Waals surface area contributed by atoms with Crippen molar-refractivity contribution in [2.45, 2.75) is 19.4 Å². The van der Waals surface area contributed by atoms with Crippen molar-refractivity contribution in [3.8, 4) is 0 Å². The third-order valence-electron chi connectivity index (χ3n) is 4.58. The minimum Gasteiger partial charge on any atom is -0.315 e. The third-order valence-corrected chi connectivity index (χ3v) is 6.61. The maximum atomic E-state index is 3.54. The number of hydrogen-bond acceptors (Lipinski definition) is 4. The lowest BCUT2D eigenvalue weighted by Gasteiger charge is -2.30. The first-order valence-corrected chi connectivity index (χ1v) is 10.00. The molecule has 0 amide bonds. The molecule has 0 aliphatic carbocycles. The molecule has 3 aromatic rings. The Kier molecular flexibility index (Phi) is 4.49. The molecule has 0 bridgehead atoms. The van der Waals surface area contributed by atoms with E-state index in [1.807, 2.05) is 22.7 Å². The second-order valence-corrected chi connectivity index (χ2v) is 8.41. The van der Waals surface area contributed by atoms with Crippen molar-refractivity contribution in [2.24, 2.45) is 0 Å². The maximum Gasteiger partial charge on any atom is 0.0710 e. The summed E-state index contributed by atoms with van der Waals surface area (Å²) in [7, 11) is 0. The van der Waals surface area contributed by atoms with Crippen molar-refractivity contribution in [3.63, 3.8) is 0 Å². The van der Waals surface area contributed by atoms with Gasteiger partial charge < -0.3 is 5.32 Å². The molecule has 1 fully saturated rings. The molecule has 1 unspecified atom stereocenters. The highest BCUT2D eigenvalue weighted by atomic mass is 32.1. The summed E-state index contributed by atoms with van der Waals surface area (Å²) in [4.78, 5) is 5.55. The van der Waals surface area contributed by atoms with Gasteiger partial charge in [-0.1, -0.05) is 18.2 Å². The van der Waals surface area contributed by atoms with Crippen molar-refractivity contribution in [2.75, 3.05) is 26.2 Å². The molecule has 1 aliphatic rings. The molecule has 0 spiro atoms. The van der Waals surface area contributed by atoms with Crippen LogP contribution in [-0.2, 0) is 0 Å². The summed E-state index contributed by atoms with van der Waals surface area (Å²) in [6, 6.07) is 13.8. The van der Waals surface area contributed by atoms with Gasteiger partial charge in [0.05, 0.1) is 6.04 Å². The van der Waals surface area contributed by atoms with Crippen molar-refractivity contribution in [3.05, 3.63) is 57.1 Å². The highest BCUT2D eigenvalue weighted by Crippen LogP contribution is 2.39. The summed E-state index contributed by atoms with van der Waals surface area (Å²) in [5.41, 5.74) is 1.48. The number of rotatable bonds is 3. The lowest BCUT2D eigenvalue weighted by Crippen LogP contribution is -2.32. The zero-order valence-corrected chi connectivity index (χ0v) is 15.1. The van der Waals surface area contributed by atoms with Gasteiger partial charge in [0, 0.05) is 34.1 Å².